The van der Waals surface area contributed by atoms with Crippen molar-refractivity contribution in [2.24, 2.45) is 0 Å². The Labute approximate surface area is 147 Å². The molecule has 25 heavy (non-hydrogen) atoms. The van der Waals surface area contributed by atoms with Crippen molar-refractivity contribution in [3.8, 4) is 11.3 Å². The Morgan fingerprint density at radius 2 is 1.88 bits per heavy atom. The SMILES string of the molecule is CCCN(CCO)C(=O)c1cc(-c2ccncc2)nc2ccccc12. The monoisotopic (exact) mass is 335 g/mol. The molecule has 0 aliphatic heterocycles. The van der Waals surface area contributed by atoms with Crippen LogP contribution in [-0.2, 0) is 0 Å². The van der Waals surface area contributed by atoms with E-state index in [4.69, 9.17) is 4.98 Å². The van der Waals surface area contributed by atoms with Gasteiger partial charge in [-0.3, -0.25) is 9.78 Å². The molecule has 5 nitrogen and oxygen atoms in total. The molecule has 1 aromatic carbocycles. The summed E-state index contributed by atoms with van der Waals surface area (Å²) in [7, 11) is 0. The van der Waals surface area contributed by atoms with Gasteiger partial charge in [0.2, 0.25) is 0 Å². The van der Waals surface area contributed by atoms with Crippen molar-refractivity contribution in [2.75, 3.05) is 19.7 Å². The topological polar surface area (TPSA) is 66.3 Å². The Morgan fingerprint density at radius 3 is 2.60 bits per heavy atom. The van der Waals surface area contributed by atoms with Gasteiger partial charge in [0.05, 0.1) is 23.4 Å². The fourth-order valence-corrected chi connectivity index (χ4v) is 2.90. The van der Waals surface area contributed by atoms with Gasteiger partial charge >= 0.3 is 0 Å². The number of rotatable bonds is 6. The van der Waals surface area contributed by atoms with Gasteiger partial charge in [0.1, 0.15) is 0 Å². The minimum Gasteiger partial charge on any atom is -0.395 e. The van der Waals surface area contributed by atoms with E-state index in [0.29, 0.717) is 18.7 Å². The number of hydrogen-bond acceptors (Lipinski definition) is 4. The van der Waals surface area contributed by atoms with Gasteiger partial charge < -0.3 is 10.0 Å². The number of hydrogen-bond donors (Lipinski definition) is 1. The second-order valence-corrected chi connectivity index (χ2v) is 5.82. The number of benzene rings is 1. The van der Waals surface area contributed by atoms with Crippen molar-refractivity contribution < 1.29 is 9.90 Å². The Morgan fingerprint density at radius 1 is 1.12 bits per heavy atom. The normalized spacial score (nSPS) is 10.8. The first-order valence-electron chi connectivity index (χ1n) is 8.45. The van der Waals surface area contributed by atoms with Gasteiger partial charge in [0, 0.05) is 36.4 Å². The van der Waals surface area contributed by atoms with Gasteiger partial charge in [-0.2, -0.15) is 0 Å². The van der Waals surface area contributed by atoms with Crippen molar-refractivity contribution >= 4 is 16.8 Å². The maximum atomic E-state index is 13.1. The Balaban J connectivity index is 2.14. The Kier molecular flexibility index (Phi) is 5.36. The van der Waals surface area contributed by atoms with E-state index < -0.39 is 0 Å². The molecular formula is C20H21N3O2. The first-order chi connectivity index (χ1) is 12.2. The third-order valence-corrected chi connectivity index (χ3v) is 4.07. The highest BCUT2D eigenvalue weighted by Gasteiger charge is 2.19. The molecule has 0 saturated carbocycles. The summed E-state index contributed by atoms with van der Waals surface area (Å²) in [6, 6.07) is 13.2. The van der Waals surface area contributed by atoms with E-state index in [9.17, 15) is 9.90 Å². The van der Waals surface area contributed by atoms with Crippen LogP contribution in [0.3, 0.4) is 0 Å². The lowest BCUT2D eigenvalue weighted by molar-refractivity contribution is 0.0724. The van der Waals surface area contributed by atoms with Crippen LogP contribution in [0.1, 0.15) is 23.7 Å². The second-order valence-electron chi connectivity index (χ2n) is 5.82. The van der Waals surface area contributed by atoms with Crippen molar-refractivity contribution in [3.63, 3.8) is 0 Å². The maximum absolute atomic E-state index is 13.1. The fraction of sp³-hybridized carbons (Fsp3) is 0.250. The molecule has 1 N–H and O–H groups in total. The van der Waals surface area contributed by atoms with Gasteiger partial charge in [0.15, 0.2) is 0 Å². The lowest BCUT2D eigenvalue weighted by Gasteiger charge is -2.22. The summed E-state index contributed by atoms with van der Waals surface area (Å²) < 4.78 is 0. The van der Waals surface area contributed by atoms with E-state index in [1.165, 1.54) is 0 Å². The van der Waals surface area contributed by atoms with Crippen LogP contribution in [0.2, 0.25) is 0 Å². The molecule has 3 rings (SSSR count). The third-order valence-electron chi connectivity index (χ3n) is 4.07. The smallest absolute Gasteiger partial charge is 0.254 e. The molecule has 0 atom stereocenters. The highest BCUT2D eigenvalue weighted by atomic mass is 16.3. The standard InChI is InChI=1S/C20H21N3O2/c1-2-11-23(12-13-24)20(25)17-14-19(15-7-9-21-10-8-15)22-18-6-4-3-5-16(17)18/h3-10,14,24H,2,11-13H2,1H3. The van der Waals surface area contributed by atoms with Crippen molar-refractivity contribution in [3.05, 3.63) is 60.4 Å². The molecule has 3 aromatic rings. The van der Waals surface area contributed by atoms with Crippen LogP contribution in [0.5, 0.6) is 0 Å². The average molecular weight is 335 g/mol. The molecule has 1 amide bonds. The van der Waals surface area contributed by atoms with Crippen LogP contribution < -0.4 is 0 Å². The van der Waals surface area contributed by atoms with Gasteiger partial charge in [-0.25, -0.2) is 4.98 Å². The van der Waals surface area contributed by atoms with E-state index in [1.54, 1.807) is 17.3 Å². The zero-order chi connectivity index (χ0) is 17.6. The zero-order valence-electron chi connectivity index (χ0n) is 14.2. The number of nitrogens with zero attached hydrogens (tertiary/aromatic N) is 3. The van der Waals surface area contributed by atoms with Crippen molar-refractivity contribution in [1.29, 1.82) is 0 Å². The van der Waals surface area contributed by atoms with Gasteiger partial charge in [-0.05, 0) is 30.7 Å². The first kappa shape index (κ1) is 17.0. The molecule has 128 valence electrons. The van der Waals surface area contributed by atoms with E-state index in [1.807, 2.05) is 49.4 Å². The number of amides is 1. The quantitative estimate of drug-likeness (QED) is 0.751. The number of carbonyl (C=O) groups is 1. The summed E-state index contributed by atoms with van der Waals surface area (Å²) in [6.07, 6.45) is 4.26. The molecule has 0 aliphatic carbocycles. The Hall–Kier alpha value is -2.79. The van der Waals surface area contributed by atoms with Crippen molar-refractivity contribution in [2.45, 2.75) is 13.3 Å². The lowest BCUT2D eigenvalue weighted by Crippen LogP contribution is -2.34. The minimum absolute atomic E-state index is 0.0496. The number of aromatic nitrogens is 2. The van der Waals surface area contributed by atoms with Gasteiger partial charge in [-0.15, -0.1) is 0 Å². The van der Waals surface area contributed by atoms with E-state index in [2.05, 4.69) is 4.98 Å². The fourth-order valence-electron chi connectivity index (χ4n) is 2.90. The molecule has 0 bridgehead atoms. The molecule has 5 heteroatoms. The highest BCUT2D eigenvalue weighted by molar-refractivity contribution is 6.07. The largest absolute Gasteiger partial charge is 0.395 e. The molecule has 2 heterocycles. The number of aliphatic hydroxyl groups excluding tert-OH is 1. The summed E-state index contributed by atoms with van der Waals surface area (Å²) in [5.41, 5.74) is 3.05. The number of aliphatic hydroxyl groups is 1. The van der Waals surface area contributed by atoms with Gasteiger partial charge in [-0.1, -0.05) is 25.1 Å². The molecular weight excluding hydrogens is 314 g/mol. The maximum Gasteiger partial charge on any atom is 0.254 e. The summed E-state index contributed by atoms with van der Waals surface area (Å²) >= 11 is 0. The molecule has 0 saturated heterocycles. The zero-order valence-corrected chi connectivity index (χ0v) is 14.2. The molecule has 2 aromatic heterocycles. The van der Waals surface area contributed by atoms with Crippen LogP contribution >= 0.6 is 0 Å². The molecule has 0 fully saturated rings. The van der Waals surface area contributed by atoms with E-state index in [0.717, 1.165) is 28.6 Å². The first-order valence-corrected chi connectivity index (χ1v) is 8.45. The summed E-state index contributed by atoms with van der Waals surface area (Å²) in [6.45, 7) is 2.91. The lowest BCUT2D eigenvalue weighted by atomic mass is 10.0. The molecule has 0 spiro atoms. The van der Waals surface area contributed by atoms with E-state index in [-0.39, 0.29) is 12.5 Å². The number of pyridine rings is 2. The molecule has 0 radical (unpaired) electrons. The summed E-state index contributed by atoms with van der Waals surface area (Å²) in [5, 5.41) is 10.1. The summed E-state index contributed by atoms with van der Waals surface area (Å²) in [4.78, 5) is 23.5. The third kappa shape index (κ3) is 3.67. The molecule has 0 unspecified atom stereocenters. The van der Waals surface area contributed by atoms with Crippen LogP contribution in [0.25, 0.3) is 22.2 Å². The van der Waals surface area contributed by atoms with Gasteiger partial charge in [0.25, 0.3) is 5.91 Å². The number of fused-ring (bicyclic) bond motifs is 1. The Bertz CT molecular complexity index is 859. The average Bonchev–Trinajstić information content (AvgIpc) is 2.67. The highest BCUT2D eigenvalue weighted by Crippen LogP contribution is 2.25. The number of carbonyl (C=O) groups excluding carboxylic acids is 1. The predicted octanol–water partition coefficient (Wildman–Crippen LogP) is 3.14. The van der Waals surface area contributed by atoms with Crippen LogP contribution in [0.4, 0.5) is 0 Å². The predicted molar refractivity (Wildman–Crippen MR) is 98.3 cm³/mol. The molecule has 0 aliphatic rings. The van der Waals surface area contributed by atoms with Crippen LogP contribution in [0.15, 0.2) is 54.9 Å². The minimum atomic E-state index is -0.0789. The second kappa shape index (κ2) is 7.85. The summed E-state index contributed by atoms with van der Waals surface area (Å²) in [5.74, 6) is -0.0789. The number of para-hydroxylation sites is 1. The van der Waals surface area contributed by atoms with Crippen molar-refractivity contribution in [1.82, 2.24) is 14.9 Å². The van der Waals surface area contributed by atoms with Crippen LogP contribution in [0, 0.1) is 0 Å². The van der Waals surface area contributed by atoms with E-state index >= 15 is 0 Å². The van der Waals surface area contributed by atoms with Crippen LogP contribution in [-0.4, -0.2) is 45.6 Å².